The zero-order valence-electron chi connectivity index (χ0n) is 8.27. The Bertz CT molecular complexity index is 397. The van der Waals surface area contributed by atoms with E-state index in [4.69, 9.17) is 5.11 Å². The normalized spacial score (nSPS) is 22.9. The molecule has 6 nitrogen and oxygen atoms in total. The second kappa shape index (κ2) is 5.00. The SMILES string of the molecule is O=C(O)C1CSCN1S(=O)(=O)NCC(F)(F)F. The number of hydrogen-bond acceptors (Lipinski definition) is 4. The fourth-order valence-corrected chi connectivity index (χ4v) is 4.01. The van der Waals surface area contributed by atoms with Crippen molar-refractivity contribution in [3.05, 3.63) is 0 Å². The molecule has 1 rings (SSSR count). The highest BCUT2D eigenvalue weighted by atomic mass is 32.2. The monoisotopic (exact) mass is 294 g/mol. The molecule has 0 aromatic carbocycles. The van der Waals surface area contributed by atoms with Crippen molar-refractivity contribution in [2.75, 3.05) is 18.2 Å². The fraction of sp³-hybridized carbons (Fsp3) is 0.833. The lowest BCUT2D eigenvalue weighted by molar-refractivity contribution is -0.140. The maximum absolute atomic E-state index is 11.9. The molecule has 0 bridgehead atoms. The number of carboxylic acid groups (broad SMARTS) is 1. The number of nitrogens with one attached hydrogen (secondary N) is 1. The van der Waals surface area contributed by atoms with Crippen molar-refractivity contribution < 1.29 is 31.5 Å². The van der Waals surface area contributed by atoms with Crippen molar-refractivity contribution in [1.29, 1.82) is 0 Å². The van der Waals surface area contributed by atoms with Gasteiger partial charge in [-0.3, -0.25) is 4.79 Å². The zero-order chi connectivity index (χ0) is 13.3. The summed E-state index contributed by atoms with van der Waals surface area (Å²) in [7, 11) is -4.43. The van der Waals surface area contributed by atoms with Gasteiger partial charge in [0.25, 0.3) is 10.2 Å². The van der Waals surface area contributed by atoms with Gasteiger partial charge in [-0.25, -0.2) is 0 Å². The first-order chi connectivity index (χ1) is 7.63. The number of halogens is 3. The molecule has 0 radical (unpaired) electrons. The number of nitrogens with zero attached hydrogens (tertiary/aromatic N) is 1. The highest BCUT2D eigenvalue weighted by Crippen LogP contribution is 2.24. The second-order valence-corrected chi connectivity index (χ2v) is 5.89. The Morgan fingerprint density at radius 2 is 2.12 bits per heavy atom. The minimum absolute atomic E-state index is 0.0161. The maximum Gasteiger partial charge on any atom is 0.402 e. The Labute approximate surface area is 99.3 Å². The van der Waals surface area contributed by atoms with Crippen LogP contribution in [-0.2, 0) is 15.0 Å². The highest BCUT2D eigenvalue weighted by molar-refractivity contribution is 8.00. The Kier molecular flexibility index (Phi) is 4.28. The van der Waals surface area contributed by atoms with Gasteiger partial charge in [0.1, 0.15) is 12.6 Å². The number of carboxylic acids is 1. The van der Waals surface area contributed by atoms with Gasteiger partial charge in [-0.2, -0.15) is 30.6 Å². The van der Waals surface area contributed by atoms with Gasteiger partial charge in [0.15, 0.2) is 0 Å². The van der Waals surface area contributed by atoms with E-state index in [1.165, 1.54) is 4.72 Å². The van der Waals surface area contributed by atoms with E-state index in [-0.39, 0.29) is 11.6 Å². The molecular weight excluding hydrogens is 285 g/mol. The third kappa shape index (κ3) is 4.01. The predicted molar refractivity (Wildman–Crippen MR) is 53.6 cm³/mol. The minimum atomic E-state index is -4.68. The molecule has 0 aromatic heterocycles. The third-order valence-corrected chi connectivity index (χ3v) is 4.58. The summed E-state index contributed by atoms with van der Waals surface area (Å²) in [5.41, 5.74) is 0. The van der Waals surface area contributed by atoms with Crippen molar-refractivity contribution >= 4 is 27.9 Å². The molecule has 1 heterocycles. The van der Waals surface area contributed by atoms with Crippen LogP contribution in [0.4, 0.5) is 13.2 Å². The van der Waals surface area contributed by atoms with E-state index in [0.717, 1.165) is 11.8 Å². The van der Waals surface area contributed by atoms with Crippen molar-refractivity contribution in [3.63, 3.8) is 0 Å². The van der Waals surface area contributed by atoms with Crippen molar-refractivity contribution in [3.8, 4) is 0 Å². The van der Waals surface area contributed by atoms with Crippen molar-refractivity contribution in [2.24, 2.45) is 0 Å². The topological polar surface area (TPSA) is 86.7 Å². The molecule has 0 aromatic rings. The fourth-order valence-electron chi connectivity index (χ4n) is 1.11. The first kappa shape index (κ1) is 14.5. The summed E-state index contributed by atoms with van der Waals surface area (Å²) in [4.78, 5) is 10.7. The molecule has 0 amide bonds. The first-order valence-electron chi connectivity index (χ1n) is 4.27. The number of alkyl halides is 3. The van der Waals surface area contributed by atoms with Gasteiger partial charge in [0.05, 0.1) is 5.88 Å². The average Bonchev–Trinajstić information content (AvgIpc) is 2.62. The zero-order valence-corrected chi connectivity index (χ0v) is 9.90. The van der Waals surface area contributed by atoms with E-state index >= 15 is 0 Å². The van der Waals surface area contributed by atoms with E-state index in [1.807, 2.05) is 0 Å². The van der Waals surface area contributed by atoms with E-state index in [0.29, 0.717) is 4.31 Å². The maximum atomic E-state index is 11.9. The summed E-state index contributed by atoms with van der Waals surface area (Å²) in [6, 6.07) is -1.33. The molecule has 1 saturated heterocycles. The van der Waals surface area contributed by atoms with E-state index in [1.54, 1.807) is 0 Å². The molecule has 2 N–H and O–H groups in total. The molecule has 11 heteroatoms. The molecule has 100 valence electrons. The van der Waals surface area contributed by atoms with Gasteiger partial charge in [-0.15, -0.1) is 11.8 Å². The van der Waals surface area contributed by atoms with Crippen molar-refractivity contribution in [1.82, 2.24) is 9.03 Å². The highest BCUT2D eigenvalue weighted by Gasteiger charge is 2.40. The molecule has 0 aliphatic carbocycles. The van der Waals surface area contributed by atoms with Gasteiger partial charge in [-0.1, -0.05) is 0 Å². The Morgan fingerprint density at radius 1 is 1.53 bits per heavy atom. The van der Waals surface area contributed by atoms with Crippen LogP contribution in [0.5, 0.6) is 0 Å². The van der Waals surface area contributed by atoms with Gasteiger partial charge in [0, 0.05) is 5.75 Å². The molecule has 0 saturated carbocycles. The second-order valence-electron chi connectivity index (χ2n) is 3.18. The smallest absolute Gasteiger partial charge is 0.402 e. The lowest BCUT2D eigenvalue weighted by Gasteiger charge is -2.20. The van der Waals surface area contributed by atoms with Gasteiger partial charge >= 0.3 is 12.1 Å². The van der Waals surface area contributed by atoms with Gasteiger partial charge in [-0.05, 0) is 0 Å². The Morgan fingerprint density at radius 3 is 2.59 bits per heavy atom. The third-order valence-electron chi connectivity index (χ3n) is 1.89. The summed E-state index contributed by atoms with van der Waals surface area (Å²) in [6.45, 7) is -1.72. The quantitative estimate of drug-likeness (QED) is 0.752. The number of thioether (sulfide) groups is 1. The summed E-state index contributed by atoms with van der Waals surface area (Å²) in [5, 5.41) is 8.71. The van der Waals surface area contributed by atoms with E-state index < -0.39 is 34.9 Å². The average molecular weight is 294 g/mol. The lowest BCUT2D eigenvalue weighted by atomic mass is 10.4. The molecule has 17 heavy (non-hydrogen) atoms. The Balaban J connectivity index is 2.73. The largest absolute Gasteiger partial charge is 0.480 e. The van der Waals surface area contributed by atoms with Crippen LogP contribution in [0, 0.1) is 0 Å². The van der Waals surface area contributed by atoms with Crippen LogP contribution in [0.1, 0.15) is 0 Å². The van der Waals surface area contributed by atoms with Crippen LogP contribution in [0.2, 0.25) is 0 Å². The van der Waals surface area contributed by atoms with Gasteiger partial charge < -0.3 is 5.11 Å². The molecular formula is C6H9F3N2O4S2. The molecule has 1 aliphatic rings. The molecule has 1 aliphatic heterocycles. The van der Waals surface area contributed by atoms with Crippen LogP contribution in [0.15, 0.2) is 0 Å². The summed E-state index contributed by atoms with van der Waals surface area (Å²) in [5.74, 6) is -1.54. The number of hydrogen-bond donors (Lipinski definition) is 2. The van der Waals surface area contributed by atoms with Crippen LogP contribution in [-0.4, -0.2) is 54.2 Å². The summed E-state index contributed by atoms with van der Waals surface area (Å²) >= 11 is 1.02. The first-order valence-corrected chi connectivity index (χ1v) is 6.87. The molecule has 1 fully saturated rings. The van der Waals surface area contributed by atoms with Crippen LogP contribution < -0.4 is 4.72 Å². The Hall–Kier alpha value is -0.520. The van der Waals surface area contributed by atoms with E-state index in [9.17, 15) is 26.4 Å². The molecule has 1 atom stereocenters. The molecule has 1 unspecified atom stereocenters. The lowest BCUT2D eigenvalue weighted by Crippen LogP contribution is -2.49. The van der Waals surface area contributed by atoms with Crippen LogP contribution >= 0.6 is 11.8 Å². The number of aliphatic carboxylic acids is 1. The van der Waals surface area contributed by atoms with Gasteiger partial charge in [0.2, 0.25) is 0 Å². The van der Waals surface area contributed by atoms with Crippen LogP contribution in [0.3, 0.4) is 0 Å². The number of rotatable bonds is 4. The van der Waals surface area contributed by atoms with Crippen molar-refractivity contribution in [2.45, 2.75) is 12.2 Å². The summed E-state index contributed by atoms with van der Waals surface area (Å²) < 4.78 is 60.3. The predicted octanol–water partition coefficient (Wildman–Crippen LogP) is -0.157. The van der Waals surface area contributed by atoms with Crippen LogP contribution in [0.25, 0.3) is 0 Å². The van der Waals surface area contributed by atoms with E-state index in [2.05, 4.69) is 0 Å². The molecule has 0 spiro atoms. The number of carbonyl (C=O) groups is 1. The standard InChI is InChI=1S/C6H9F3N2O4S2/c7-6(8,9)2-10-17(14,15)11-3-16-1-4(11)5(12)13/h4,10H,1-3H2,(H,12,13). The summed E-state index contributed by atoms with van der Waals surface area (Å²) in [6.07, 6.45) is -4.68. The minimum Gasteiger partial charge on any atom is -0.480 e.